The number of rotatable bonds is 11. The normalized spacial score (nSPS) is 13.1. The van der Waals surface area contributed by atoms with Crippen LogP contribution in [0.15, 0.2) is 400 Å². The lowest BCUT2D eigenvalue weighted by atomic mass is 9.65. The Kier molecular flexibility index (Phi) is 14.8. The van der Waals surface area contributed by atoms with E-state index in [2.05, 4.69) is 409 Å². The molecule has 17 aromatic carbocycles. The van der Waals surface area contributed by atoms with E-state index in [9.17, 15) is 0 Å². The highest BCUT2D eigenvalue weighted by molar-refractivity contribution is 6.13. The molecule has 478 valence electrons. The summed E-state index contributed by atoms with van der Waals surface area (Å²) in [5.41, 5.74) is 30.9. The number of benzene rings is 17. The quantitative estimate of drug-likeness (QED) is 0.139. The van der Waals surface area contributed by atoms with Gasteiger partial charge in [-0.05, 0) is 171 Å². The number of para-hydroxylation sites is 5. The average molecular weight is 1300 g/mol. The maximum Gasteiger partial charge on any atom is 0.0755 e. The van der Waals surface area contributed by atoms with Gasteiger partial charge in [0.25, 0.3) is 0 Å². The first-order valence-corrected chi connectivity index (χ1v) is 35.2. The highest BCUT2D eigenvalue weighted by Crippen LogP contribution is 2.62. The second-order valence-corrected chi connectivity index (χ2v) is 26.7. The van der Waals surface area contributed by atoms with Crippen LogP contribution in [0.5, 0.6) is 0 Å². The van der Waals surface area contributed by atoms with Crippen LogP contribution in [0.4, 0.5) is 28.4 Å². The maximum atomic E-state index is 3.63. The van der Waals surface area contributed by atoms with Crippen molar-refractivity contribution in [2.24, 2.45) is 0 Å². The summed E-state index contributed by atoms with van der Waals surface area (Å²) in [7, 11) is 0. The van der Waals surface area contributed by atoms with Gasteiger partial charge in [0.1, 0.15) is 0 Å². The molecule has 0 fully saturated rings. The molecule has 20 rings (SSSR count). The van der Waals surface area contributed by atoms with E-state index in [1.165, 1.54) is 144 Å². The summed E-state index contributed by atoms with van der Waals surface area (Å²) in [4.78, 5) is 2.48. The molecule has 0 saturated heterocycles. The van der Waals surface area contributed by atoms with E-state index in [-0.39, 0.29) is 0 Å². The third-order valence-electron chi connectivity index (χ3n) is 21.1. The van der Waals surface area contributed by atoms with Crippen molar-refractivity contribution in [2.45, 2.75) is 5.41 Å². The summed E-state index contributed by atoms with van der Waals surface area (Å²) >= 11 is 0. The van der Waals surface area contributed by atoms with E-state index in [1.807, 2.05) is 6.07 Å². The van der Waals surface area contributed by atoms with Crippen molar-refractivity contribution >= 4 is 71.8 Å². The molecule has 1 N–H and O–H groups in total. The van der Waals surface area contributed by atoms with E-state index in [0.717, 1.165) is 34.0 Å². The predicted octanol–water partition coefficient (Wildman–Crippen LogP) is 26.7. The molecule has 1 unspecified atom stereocenters. The first-order valence-electron chi connectivity index (χ1n) is 35.2. The van der Waals surface area contributed by atoms with Gasteiger partial charge in [-0.1, -0.05) is 340 Å². The van der Waals surface area contributed by atoms with E-state index >= 15 is 0 Å². The molecule has 1 spiro atoms. The minimum Gasteiger partial charge on any atom is -0.355 e. The predicted molar refractivity (Wildman–Crippen MR) is 430 cm³/mol. The van der Waals surface area contributed by atoms with E-state index in [4.69, 9.17) is 0 Å². The zero-order chi connectivity index (χ0) is 67.5. The van der Waals surface area contributed by atoms with E-state index in [0.29, 0.717) is 0 Å². The molecule has 3 heteroatoms. The van der Waals surface area contributed by atoms with Gasteiger partial charge >= 0.3 is 0 Å². The van der Waals surface area contributed by atoms with Crippen LogP contribution in [-0.4, -0.2) is 4.57 Å². The molecule has 1 aliphatic carbocycles. The monoisotopic (exact) mass is 1300 g/mol. The Morgan fingerprint density at radius 1 is 0.245 bits per heavy atom. The number of nitrogens with one attached hydrogen (secondary N) is 1. The summed E-state index contributed by atoms with van der Waals surface area (Å²) in [6.45, 7) is 0. The van der Waals surface area contributed by atoms with E-state index < -0.39 is 5.41 Å². The van der Waals surface area contributed by atoms with Crippen molar-refractivity contribution < 1.29 is 0 Å². The van der Waals surface area contributed by atoms with Crippen molar-refractivity contribution in [3.8, 4) is 83.6 Å². The Labute approximate surface area is 594 Å². The van der Waals surface area contributed by atoms with Gasteiger partial charge in [0, 0.05) is 44.6 Å². The van der Waals surface area contributed by atoms with Gasteiger partial charge in [-0.25, -0.2) is 0 Å². The van der Waals surface area contributed by atoms with Crippen LogP contribution >= 0.6 is 0 Å². The van der Waals surface area contributed by atoms with Gasteiger partial charge < -0.3 is 14.8 Å². The molecule has 0 amide bonds. The minimum absolute atomic E-state index is 0.570. The van der Waals surface area contributed by atoms with Crippen molar-refractivity contribution in [3.05, 3.63) is 423 Å². The molecule has 1 aliphatic heterocycles. The van der Waals surface area contributed by atoms with Gasteiger partial charge in [-0.2, -0.15) is 0 Å². The van der Waals surface area contributed by atoms with Crippen molar-refractivity contribution in [1.29, 1.82) is 0 Å². The van der Waals surface area contributed by atoms with Gasteiger partial charge in [0.05, 0.1) is 27.8 Å². The summed E-state index contributed by atoms with van der Waals surface area (Å²) < 4.78 is 2.52. The fraction of sp³-hybridized carbons (Fsp3) is 0.0101. The van der Waals surface area contributed by atoms with Crippen LogP contribution in [-0.2, 0) is 5.41 Å². The van der Waals surface area contributed by atoms with Gasteiger partial charge in [0.2, 0.25) is 0 Å². The van der Waals surface area contributed by atoms with Crippen molar-refractivity contribution in [3.63, 3.8) is 0 Å². The summed E-state index contributed by atoms with van der Waals surface area (Å²) in [6.07, 6.45) is 0. The molecule has 3 nitrogen and oxygen atoms in total. The number of anilines is 5. The van der Waals surface area contributed by atoms with Gasteiger partial charge in [-0.15, -0.1) is 0 Å². The molecular formula is C99H67N3. The zero-order valence-corrected chi connectivity index (χ0v) is 56.0. The lowest BCUT2D eigenvalue weighted by Gasteiger charge is -2.40. The van der Waals surface area contributed by atoms with Crippen LogP contribution in [0, 0.1) is 0 Å². The number of hydrogen-bond donors (Lipinski definition) is 1. The molecule has 0 saturated carbocycles. The topological polar surface area (TPSA) is 20.2 Å². The van der Waals surface area contributed by atoms with Gasteiger partial charge in [0.15, 0.2) is 0 Å². The smallest absolute Gasteiger partial charge is 0.0755 e. The third-order valence-corrected chi connectivity index (χ3v) is 21.1. The van der Waals surface area contributed by atoms with Crippen LogP contribution < -0.4 is 10.2 Å². The number of hydrogen-bond acceptors (Lipinski definition) is 2. The zero-order valence-electron chi connectivity index (χ0n) is 56.0. The highest BCUT2D eigenvalue weighted by atomic mass is 15.1. The SMILES string of the molecule is c1ccc(-c2ccc(-c3ccccc3N(c3ccc(-c4cccc5ccccc45)cc3)c3ccc4c(c3)C3(c5ccccc5-4)c4ccccc4-n4c5ccccc5c5cccc3c54)cc2)cc1.c1ccc(-c2ccc(-c3ccccc3Nc3ccc(-c4cccc5ccccc45)cc3)cc2)cc1. The molecule has 2 heterocycles. The third kappa shape index (κ3) is 10.1. The van der Waals surface area contributed by atoms with Gasteiger partial charge in [-0.3, -0.25) is 0 Å². The minimum atomic E-state index is -0.570. The standard InChI is InChI=1S/C65H42N2.C34H25N/c1-2-16-43(17-3-1)44-32-34-47(35-33-44)52-21-7-11-29-61(52)66(48-38-36-46(37-39-48)51-24-14-19-45-18-4-5-20-50(45)51)49-40-41-54-53-22-6-9-26-57(53)65(60(54)42-49)58-27-10-13-31-63(58)67-62-30-12-8-23-55(62)56-25-15-28-59(65)64(56)67;1-2-9-25(10-3-1)26-17-19-29(20-18-26)33-14-6-7-16-34(33)35-30-23-21-28(22-24-30)32-15-8-12-27-11-4-5-13-31(27)32/h1-42H;1-24,35H. The molecule has 2 aliphatic rings. The fourth-order valence-corrected chi connectivity index (χ4v) is 16.5. The second-order valence-electron chi connectivity index (χ2n) is 26.7. The Hall–Kier alpha value is -13.3. The summed E-state index contributed by atoms with van der Waals surface area (Å²) in [5, 5.41) is 11.2. The highest BCUT2D eigenvalue weighted by Gasteiger charge is 2.51. The Balaban J connectivity index is 0.000000173. The van der Waals surface area contributed by atoms with Crippen LogP contribution in [0.3, 0.4) is 0 Å². The second kappa shape index (κ2) is 25.2. The molecule has 0 radical (unpaired) electrons. The average Bonchev–Trinajstić information content (AvgIpc) is 1.49. The van der Waals surface area contributed by atoms with Crippen LogP contribution in [0.2, 0.25) is 0 Å². The van der Waals surface area contributed by atoms with Crippen molar-refractivity contribution in [2.75, 3.05) is 10.2 Å². The molecule has 0 bridgehead atoms. The first kappa shape index (κ1) is 59.9. The maximum absolute atomic E-state index is 3.63. The Bertz CT molecular complexity index is 6180. The Morgan fingerprint density at radius 2 is 0.667 bits per heavy atom. The molecule has 1 aromatic heterocycles. The van der Waals surface area contributed by atoms with Crippen LogP contribution in [0.1, 0.15) is 22.3 Å². The summed E-state index contributed by atoms with van der Waals surface area (Å²) in [5.74, 6) is 0. The molecule has 102 heavy (non-hydrogen) atoms. The van der Waals surface area contributed by atoms with E-state index in [1.54, 1.807) is 0 Å². The first-order chi connectivity index (χ1) is 50.6. The Morgan fingerprint density at radius 3 is 1.33 bits per heavy atom. The van der Waals surface area contributed by atoms with Crippen LogP contribution in [0.25, 0.3) is 127 Å². The number of nitrogens with zero attached hydrogens (tertiary/aromatic N) is 2. The molecular weight excluding hydrogens is 1230 g/mol. The fourth-order valence-electron chi connectivity index (χ4n) is 16.5. The molecule has 1 atom stereocenters. The molecule has 18 aromatic rings. The van der Waals surface area contributed by atoms with Crippen molar-refractivity contribution in [1.82, 2.24) is 4.57 Å². The lowest BCUT2D eigenvalue weighted by molar-refractivity contribution is 0.748. The largest absolute Gasteiger partial charge is 0.355 e. The number of fused-ring (bicyclic) bond motifs is 14. The lowest BCUT2D eigenvalue weighted by Crippen LogP contribution is -2.33. The summed E-state index contributed by atoms with van der Waals surface area (Å²) in [6, 6.07) is 146. The number of aromatic nitrogens is 1.